The first kappa shape index (κ1) is 29.0. The van der Waals surface area contributed by atoms with Crippen LogP contribution in [0.2, 0.25) is 0 Å². The lowest BCUT2D eigenvalue weighted by Gasteiger charge is -2.23. The van der Waals surface area contributed by atoms with Gasteiger partial charge in [0.1, 0.15) is 5.60 Å². The van der Waals surface area contributed by atoms with Gasteiger partial charge in [0.25, 0.3) is 0 Å². The smallest absolute Gasteiger partial charge is 0.412 e. The fraction of sp³-hybridized carbons (Fsp3) is 0.625. The maximum atomic E-state index is 11.8. The molecule has 1 aromatic rings. The number of anilines is 1. The number of halogens is 1. The predicted octanol–water partition coefficient (Wildman–Crippen LogP) is 4.06. The van der Waals surface area contributed by atoms with Crippen LogP contribution in [0.1, 0.15) is 58.9 Å². The Morgan fingerprint density at radius 1 is 1.06 bits per heavy atom. The number of nitrogens with zero attached hydrogens (tertiary/aromatic N) is 1. The van der Waals surface area contributed by atoms with Gasteiger partial charge in [-0.15, -0.1) is 24.0 Å². The van der Waals surface area contributed by atoms with E-state index >= 15 is 0 Å². The number of carbonyl (C=O) groups is 2. The summed E-state index contributed by atoms with van der Waals surface area (Å²) in [7, 11) is 0. The average molecular weight is 574 g/mol. The normalized spacial score (nSPS) is 13.9. The van der Waals surface area contributed by atoms with Crippen molar-refractivity contribution in [3.63, 3.8) is 0 Å². The van der Waals surface area contributed by atoms with Gasteiger partial charge >= 0.3 is 6.09 Å². The van der Waals surface area contributed by atoms with Crippen LogP contribution in [0.15, 0.2) is 29.3 Å². The minimum Gasteiger partial charge on any atom is -0.444 e. The Morgan fingerprint density at radius 3 is 2.33 bits per heavy atom. The van der Waals surface area contributed by atoms with Gasteiger partial charge in [-0.25, -0.2) is 4.79 Å². The molecule has 1 aliphatic carbocycles. The summed E-state index contributed by atoms with van der Waals surface area (Å²) in [6, 6.07) is 7.72. The summed E-state index contributed by atoms with van der Waals surface area (Å²) in [4.78, 5) is 28.3. The highest BCUT2D eigenvalue weighted by Gasteiger charge is 2.24. The molecule has 0 bridgehead atoms. The highest BCUT2D eigenvalue weighted by Crippen LogP contribution is 2.26. The maximum Gasteiger partial charge on any atom is 0.412 e. The molecule has 0 unspecified atom stereocenters. The minimum atomic E-state index is -0.522. The summed E-state index contributed by atoms with van der Waals surface area (Å²) in [5.74, 6) is 1.21. The molecule has 1 saturated carbocycles. The van der Waals surface area contributed by atoms with Gasteiger partial charge in [-0.3, -0.25) is 15.1 Å². The second-order valence-electron chi connectivity index (χ2n) is 9.03. The number of amides is 2. The van der Waals surface area contributed by atoms with Crippen molar-refractivity contribution in [2.45, 2.75) is 65.4 Å². The van der Waals surface area contributed by atoms with Gasteiger partial charge in [0, 0.05) is 37.8 Å². The van der Waals surface area contributed by atoms with Gasteiger partial charge in [-0.2, -0.15) is 0 Å². The van der Waals surface area contributed by atoms with E-state index in [1.54, 1.807) is 0 Å². The lowest BCUT2D eigenvalue weighted by molar-refractivity contribution is -0.127. The van der Waals surface area contributed by atoms with Crippen LogP contribution in [0.3, 0.4) is 0 Å². The third-order valence-electron chi connectivity index (χ3n) is 5.03. The Kier molecular flexibility index (Phi) is 13.2. The number of hydrogen-bond acceptors (Lipinski definition) is 4. The van der Waals surface area contributed by atoms with E-state index in [2.05, 4.69) is 26.3 Å². The third kappa shape index (κ3) is 12.1. The van der Waals surface area contributed by atoms with Crippen LogP contribution in [0.5, 0.6) is 0 Å². The maximum absolute atomic E-state index is 11.8. The molecule has 0 heterocycles. The summed E-state index contributed by atoms with van der Waals surface area (Å²) >= 11 is 0. The quantitative estimate of drug-likeness (QED) is 0.146. The molecule has 2 amide bonds. The fourth-order valence-corrected chi connectivity index (χ4v) is 3.14. The Hall–Kier alpha value is -2.04. The standard InChI is InChI=1S/C24H39N5O3.HI/c1-5-25-22(27-16-7-15-26-21(30)19-8-6-9-19)28-17-14-18-10-12-20(13-11-18)29-23(31)32-24(2,3)4;/h10-13,19H,5-9,14-17H2,1-4H3,(H,26,30)(H,29,31)(H2,25,27,28);1H. The van der Waals surface area contributed by atoms with Gasteiger partial charge in [0.05, 0.1) is 0 Å². The number of carbonyl (C=O) groups excluding carboxylic acids is 2. The predicted molar refractivity (Wildman–Crippen MR) is 144 cm³/mol. The van der Waals surface area contributed by atoms with Crippen LogP contribution in [0.4, 0.5) is 10.5 Å². The van der Waals surface area contributed by atoms with Crippen molar-refractivity contribution in [1.82, 2.24) is 16.0 Å². The summed E-state index contributed by atoms with van der Waals surface area (Å²) in [5, 5.41) is 12.3. The molecule has 0 saturated heterocycles. The Balaban J connectivity index is 0.00000544. The molecule has 1 aromatic carbocycles. The lowest BCUT2D eigenvalue weighted by atomic mass is 9.85. The zero-order valence-corrected chi connectivity index (χ0v) is 22.7. The van der Waals surface area contributed by atoms with Crippen LogP contribution in [0, 0.1) is 5.92 Å². The van der Waals surface area contributed by atoms with Crippen molar-refractivity contribution < 1.29 is 14.3 Å². The zero-order chi connectivity index (χ0) is 23.4. The number of hydrogen-bond donors (Lipinski definition) is 4. The highest BCUT2D eigenvalue weighted by molar-refractivity contribution is 14.0. The van der Waals surface area contributed by atoms with Gasteiger partial charge in [-0.05, 0) is 71.1 Å². The molecule has 186 valence electrons. The topological polar surface area (TPSA) is 104 Å². The van der Waals surface area contributed by atoms with Crippen molar-refractivity contribution in [3.05, 3.63) is 29.8 Å². The van der Waals surface area contributed by atoms with Gasteiger partial charge in [-0.1, -0.05) is 18.6 Å². The van der Waals surface area contributed by atoms with E-state index < -0.39 is 11.7 Å². The first-order valence-electron chi connectivity index (χ1n) is 11.7. The summed E-state index contributed by atoms with van der Waals surface area (Å²) in [5.41, 5.74) is 1.34. The average Bonchev–Trinajstić information content (AvgIpc) is 2.66. The first-order valence-corrected chi connectivity index (χ1v) is 11.7. The molecule has 9 heteroatoms. The Morgan fingerprint density at radius 2 is 1.76 bits per heavy atom. The monoisotopic (exact) mass is 573 g/mol. The number of nitrogens with one attached hydrogen (secondary N) is 4. The molecule has 2 rings (SSSR count). The van der Waals surface area contributed by atoms with E-state index in [4.69, 9.17) is 4.74 Å². The molecular formula is C24H40IN5O3. The lowest BCUT2D eigenvalue weighted by Crippen LogP contribution is -2.38. The number of rotatable bonds is 10. The zero-order valence-electron chi connectivity index (χ0n) is 20.3. The van der Waals surface area contributed by atoms with Crippen LogP contribution < -0.4 is 21.3 Å². The highest BCUT2D eigenvalue weighted by atomic mass is 127. The van der Waals surface area contributed by atoms with Crippen molar-refractivity contribution >= 4 is 47.6 Å². The van der Waals surface area contributed by atoms with E-state index in [1.807, 2.05) is 52.0 Å². The first-order chi connectivity index (χ1) is 15.3. The Labute approximate surface area is 215 Å². The van der Waals surface area contributed by atoms with E-state index in [9.17, 15) is 9.59 Å². The molecule has 4 N–H and O–H groups in total. The molecular weight excluding hydrogens is 533 g/mol. The minimum absolute atomic E-state index is 0. The van der Waals surface area contributed by atoms with E-state index in [0.717, 1.165) is 50.3 Å². The SMILES string of the molecule is CCNC(=NCCCNC(=O)C1CCC1)NCCc1ccc(NC(=O)OC(C)(C)C)cc1.I. The van der Waals surface area contributed by atoms with Gasteiger partial charge in [0.15, 0.2) is 5.96 Å². The summed E-state index contributed by atoms with van der Waals surface area (Å²) in [6.07, 6.45) is 4.42. The molecule has 0 aromatic heterocycles. The number of aliphatic imine (C=N–C) groups is 1. The van der Waals surface area contributed by atoms with Crippen molar-refractivity contribution in [3.8, 4) is 0 Å². The molecule has 0 spiro atoms. The van der Waals surface area contributed by atoms with Crippen molar-refractivity contribution in [2.24, 2.45) is 10.9 Å². The Bertz CT molecular complexity index is 758. The molecule has 0 radical (unpaired) electrons. The fourth-order valence-electron chi connectivity index (χ4n) is 3.14. The van der Waals surface area contributed by atoms with Crippen LogP contribution in [0.25, 0.3) is 0 Å². The molecule has 0 atom stereocenters. The summed E-state index contributed by atoms with van der Waals surface area (Å²) in [6.45, 7) is 10.4. The molecule has 0 aliphatic heterocycles. The molecule has 33 heavy (non-hydrogen) atoms. The van der Waals surface area contributed by atoms with Crippen LogP contribution in [-0.4, -0.2) is 49.7 Å². The van der Waals surface area contributed by atoms with Crippen LogP contribution in [-0.2, 0) is 16.0 Å². The van der Waals surface area contributed by atoms with Crippen LogP contribution >= 0.6 is 24.0 Å². The van der Waals surface area contributed by atoms with Crippen molar-refractivity contribution in [1.29, 1.82) is 0 Å². The largest absolute Gasteiger partial charge is 0.444 e. The van der Waals surface area contributed by atoms with E-state index in [-0.39, 0.29) is 35.8 Å². The second kappa shape index (κ2) is 15.0. The second-order valence-corrected chi connectivity index (χ2v) is 9.03. The van der Waals surface area contributed by atoms with Gasteiger partial charge in [0.2, 0.25) is 5.91 Å². The molecule has 1 aliphatic rings. The van der Waals surface area contributed by atoms with Gasteiger partial charge < -0.3 is 20.7 Å². The third-order valence-corrected chi connectivity index (χ3v) is 5.03. The number of benzene rings is 1. The van der Waals surface area contributed by atoms with E-state index in [0.29, 0.717) is 18.8 Å². The number of ether oxygens (including phenoxy) is 1. The van der Waals surface area contributed by atoms with E-state index in [1.165, 1.54) is 6.42 Å². The van der Waals surface area contributed by atoms with Crippen molar-refractivity contribution in [2.75, 3.05) is 31.5 Å². The summed E-state index contributed by atoms with van der Waals surface area (Å²) < 4.78 is 5.26. The molecule has 1 fully saturated rings. The molecule has 8 nitrogen and oxygen atoms in total. The number of guanidine groups is 1.